The van der Waals surface area contributed by atoms with E-state index in [2.05, 4.69) is 10.3 Å². The van der Waals surface area contributed by atoms with Gasteiger partial charge in [-0.3, -0.25) is 4.79 Å². The third kappa shape index (κ3) is 4.47. The molecule has 1 N–H and O–H groups in total. The molecule has 25 heavy (non-hydrogen) atoms. The van der Waals surface area contributed by atoms with E-state index in [1.54, 1.807) is 6.20 Å². The molecule has 0 aliphatic carbocycles. The third-order valence-electron chi connectivity index (χ3n) is 4.46. The van der Waals surface area contributed by atoms with Gasteiger partial charge in [0.25, 0.3) is 5.91 Å². The van der Waals surface area contributed by atoms with Gasteiger partial charge in [-0.1, -0.05) is 0 Å². The van der Waals surface area contributed by atoms with Crippen LogP contribution in [-0.4, -0.2) is 42.5 Å². The Morgan fingerprint density at radius 1 is 1.36 bits per heavy atom. The van der Waals surface area contributed by atoms with E-state index < -0.39 is 0 Å². The molecule has 3 rings (SSSR count). The fourth-order valence-electron chi connectivity index (χ4n) is 3.08. The van der Waals surface area contributed by atoms with Crippen LogP contribution < -0.4 is 10.1 Å². The van der Waals surface area contributed by atoms with E-state index in [-0.39, 0.29) is 18.3 Å². The van der Waals surface area contributed by atoms with Gasteiger partial charge in [-0.15, -0.1) is 0 Å². The number of nitrogens with one attached hydrogen (secondary N) is 1. The second-order valence-electron chi connectivity index (χ2n) is 6.15. The summed E-state index contributed by atoms with van der Waals surface area (Å²) >= 11 is 0. The van der Waals surface area contributed by atoms with Gasteiger partial charge in [-0.2, -0.15) is 0 Å². The lowest BCUT2D eigenvalue weighted by molar-refractivity contribution is -0.134. The highest BCUT2D eigenvalue weighted by Gasteiger charge is 2.25. The van der Waals surface area contributed by atoms with Crippen LogP contribution in [0.15, 0.2) is 42.6 Å². The minimum absolute atomic E-state index is 0.0313. The number of ether oxygens (including phenoxy) is 1. The summed E-state index contributed by atoms with van der Waals surface area (Å²) in [7, 11) is 1.84. The van der Waals surface area contributed by atoms with Gasteiger partial charge in [-0.05, 0) is 54.8 Å². The molecule has 1 atom stereocenters. The van der Waals surface area contributed by atoms with Gasteiger partial charge in [0.05, 0.1) is 0 Å². The second-order valence-corrected chi connectivity index (χ2v) is 6.15. The Balaban J connectivity index is 1.58. The summed E-state index contributed by atoms with van der Waals surface area (Å²) < 4.78 is 18.4. The zero-order valence-corrected chi connectivity index (χ0v) is 14.2. The molecular weight excluding hydrogens is 321 g/mol. The minimum Gasteiger partial charge on any atom is -0.484 e. The van der Waals surface area contributed by atoms with Crippen LogP contribution in [0.3, 0.4) is 0 Å². The molecule has 5 nitrogen and oxygen atoms in total. The highest BCUT2D eigenvalue weighted by Crippen LogP contribution is 2.28. The topological polar surface area (TPSA) is 54.5 Å². The first-order valence-electron chi connectivity index (χ1n) is 8.45. The number of halogens is 1. The van der Waals surface area contributed by atoms with E-state index in [4.69, 9.17) is 4.74 Å². The van der Waals surface area contributed by atoms with E-state index in [9.17, 15) is 9.18 Å². The molecule has 1 aromatic carbocycles. The van der Waals surface area contributed by atoms with E-state index in [1.165, 1.54) is 29.8 Å². The van der Waals surface area contributed by atoms with Gasteiger partial charge >= 0.3 is 0 Å². The Kier molecular flexibility index (Phi) is 5.48. The quantitative estimate of drug-likeness (QED) is 0.907. The first-order valence-corrected chi connectivity index (χ1v) is 8.45. The fraction of sp³-hybridized carbons (Fsp3) is 0.368. The summed E-state index contributed by atoms with van der Waals surface area (Å²) in [5.74, 6) is 1.27. The van der Waals surface area contributed by atoms with Crippen LogP contribution in [-0.2, 0) is 4.79 Å². The Morgan fingerprint density at radius 3 is 2.92 bits per heavy atom. The number of nitrogens with zero attached hydrogens (tertiary/aromatic N) is 2. The Morgan fingerprint density at radius 2 is 2.16 bits per heavy atom. The van der Waals surface area contributed by atoms with E-state index >= 15 is 0 Å². The van der Waals surface area contributed by atoms with Gasteiger partial charge in [0.15, 0.2) is 6.61 Å². The first-order chi connectivity index (χ1) is 12.2. The maximum Gasteiger partial charge on any atom is 0.260 e. The van der Waals surface area contributed by atoms with Crippen LogP contribution in [0.2, 0.25) is 0 Å². The van der Waals surface area contributed by atoms with Crippen molar-refractivity contribution in [3.63, 3.8) is 0 Å². The number of carbonyl (C=O) groups excluding carboxylic acids is 1. The SMILES string of the molecule is CNc1cc([C@@H]2CCCN(C(=O)COc3ccc(F)cc3)C2)ccn1. The van der Waals surface area contributed by atoms with Gasteiger partial charge in [0, 0.05) is 32.3 Å². The lowest BCUT2D eigenvalue weighted by Crippen LogP contribution is -2.41. The van der Waals surface area contributed by atoms with Gasteiger partial charge in [0.2, 0.25) is 0 Å². The summed E-state index contributed by atoms with van der Waals surface area (Å²) in [6.07, 6.45) is 3.81. The summed E-state index contributed by atoms with van der Waals surface area (Å²) in [6, 6.07) is 9.73. The van der Waals surface area contributed by atoms with Crippen molar-refractivity contribution in [1.82, 2.24) is 9.88 Å². The molecule has 1 aliphatic rings. The maximum atomic E-state index is 12.9. The average Bonchev–Trinajstić information content (AvgIpc) is 2.67. The molecule has 132 valence electrons. The Hall–Kier alpha value is -2.63. The zero-order valence-electron chi connectivity index (χ0n) is 14.2. The molecule has 0 bridgehead atoms. The molecule has 1 aromatic heterocycles. The number of anilines is 1. The molecule has 0 radical (unpaired) electrons. The first kappa shape index (κ1) is 17.2. The van der Waals surface area contributed by atoms with Crippen molar-refractivity contribution in [2.24, 2.45) is 0 Å². The van der Waals surface area contributed by atoms with E-state index in [0.29, 0.717) is 18.2 Å². The predicted molar refractivity (Wildman–Crippen MR) is 94.2 cm³/mol. The molecule has 1 fully saturated rings. The van der Waals surface area contributed by atoms with Crippen molar-refractivity contribution in [1.29, 1.82) is 0 Å². The molecule has 2 aromatic rings. The number of benzene rings is 1. The molecule has 6 heteroatoms. The van der Waals surface area contributed by atoms with Crippen LogP contribution in [0, 0.1) is 5.82 Å². The number of carbonyl (C=O) groups is 1. The molecule has 1 saturated heterocycles. The van der Waals surface area contributed by atoms with Crippen molar-refractivity contribution in [2.45, 2.75) is 18.8 Å². The van der Waals surface area contributed by atoms with Crippen molar-refractivity contribution >= 4 is 11.7 Å². The summed E-state index contributed by atoms with van der Waals surface area (Å²) in [5, 5.41) is 3.04. The van der Waals surface area contributed by atoms with Gasteiger partial charge in [-0.25, -0.2) is 9.37 Å². The second kappa shape index (κ2) is 7.96. The number of hydrogen-bond acceptors (Lipinski definition) is 4. The lowest BCUT2D eigenvalue weighted by atomic mass is 9.91. The smallest absolute Gasteiger partial charge is 0.260 e. The molecule has 2 heterocycles. The number of hydrogen-bond donors (Lipinski definition) is 1. The standard InChI is InChI=1S/C19H22FN3O2/c1-21-18-11-14(8-9-22-18)15-3-2-10-23(12-15)19(24)13-25-17-6-4-16(20)5-7-17/h4-9,11,15H,2-3,10,12-13H2,1H3,(H,21,22)/t15-/m1/s1. The van der Waals surface area contributed by atoms with Crippen LogP contribution in [0.5, 0.6) is 5.75 Å². The fourth-order valence-corrected chi connectivity index (χ4v) is 3.08. The van der Waals surface area contributed by atoms with Crippen molar-refractivity contribution in [2.75, 3.05) is 32.1 Å². The Labute approximate surface area is 146 Å². The number of pyridine rings is 1. The van der Waals surface area contributed by atoms with Crippen molar-refractivity contribution < 1.29 is 13.9 Å². The number of rotatable bonds is 5. The molecular formula is C19H22FN3O2. The number of likely N-dealkylation sites (tertiary alicyclic amines) is 1. The lowest BCUT2D eigenvalue weighted by Gasteiger charge is -2.33. The molecule has 0 saturated carbocycles. The molecule has 1 amide bonds. The van der Waals surface area contributed by atoms with Crippen LogP contribution in [0.1, 0.15) is 24.3 Å². The normalized spacial score (nSPS) is 17.2. The van der Waals surface area contributed by atoms with Crippen molar-refractivity contribution in [3.8, 4) is 5.75 Å². The summed E-state index contributed by atoms with van der Waals surface area (Å²) in [6.45, 7) is 1.39. The Bertz CT molecular complexity index is 721. The van der Waals surface area contributed by atoms with E-state index in [0.717, 1.165) is 25.2 Å². The highest BCUT2D eigenvalue weighted by atomic mass is 19.1. The van der Waals surface area contributed by atoms with Crippen LogP contribution in [0.4, 0.5) is 10.2 Å². The van der Waals surface area contributed by atoms with Crippen LogP contribution in [0.25, 0.3) is 0 Å². The van der Waals surface area contributed by atoms with Crippen molar-refractivity contribution in [3.05, 3.63) is 54.0 Å². The summed E-state index contributed by atoms with van der Waals surface area (Å²) in [4.78, 5) is 18.5. The van der Waals surface area contributed by atoms with Gasteiger partial charge < -0.3 is 15.0 Å². The zero-order chi connectivity index (χ0) is 17.6. The highest BCUT2D eigenvalue weighted by molar-refractivity contribution is 5.78. The molecule has 0 spiro atoms. The number of aromatic nitrogens is 1. The predicted octanol–water partition coefficient (Wildman–Crippen LogP) is 3.05. The monoisotopic (exact) mass is 343 g/mol. The largest absolute Gasteiger partial charge is 0.484 e. The van der Waals surface area contributed by atoms with Gasteiger partial charge in [0.1, 0.15) is 17.4 Å². The average molecular weight is 343 g/mol. The maximum absolute atomic E-state index is 12.9. The molecule has 1 aliphatic heterocycles. The minimum atomic E-state index is -0.323. The van der Waals surface area contributed by atoms with Crippen LogP contribution >= 0.6 is 0 Å². The summed E-state index contributed by atoms with van der Waals surface area (Å²) in [5.41, 5.74) is 1.19. The number of amides is 1. The molecule has 0 unspecified atom stereocenters. The van der Waals surface area contributed by atoms with E-state index in [1.807, 2.05) is 24.1 Å². The number of piperidine rings is 1. The third-order valence-corrected chi connectivity index (χ3v) is 4.46.